The van der Waals surface area contributed by atoms with E-state index in [2.05, 4.69) is 27.7 Å². The quantitative estimate of drug-likeness (QED) is 0.612. The van der Waals surface area contributed by atoms with Crippen molar-refractivity contribution in [1.29, 1.82) is 0 Å². The molecule has 1 aliphatic carbocycles. The molecule has 0 aliphatic heterocycles. The van der Waals surface area contributed by atoms with Gasteiger partial charge in [0.2, 0.25) is 0 Å². The Morgan fingerprint density at radius 3 is 2.40 bits per heavy atom. The van der Waals surface area contributed by atoms with Crippen molar-refractivity contribution in [3.8, 4) is 0 Å². The van der Waals surface area contributed by atoms with Crippen molar-refractivity contribution in [3.63, 3.8) is 0 Å². The second-order valence-electron chi connectivity index (χ2n) is 6.41. The van der Waals surface area contributed by atoms with Gasteiger partial charge in [-0.2, -0.15) is 0 Å². The third kappa shape index (κ3) is 5.44. The van der Waals surface area contributed by atoms with E-state index in [9.17, 15) is 9.59 Å². The zero-order chi connectivity index (χ0) is 15.1. The van der Waals surface area contributed by atoms with E-state index < -0.39 is 0 Å². The minimum absolute atomic E-state index is 0.00248. The van der Waals surface area contributed by atoms with Gasteiger partial charge in [-0.05, 0) is 48.8 Å². The highest BCUT2D eigenvalue weighted by Crippen LogP contribution is 2.28. The van der Waals surface area contributed by atoms with Crippen molar-refractivity contribution < 1.29 is 9.59 Å². The summed E-state index contributed by atoms with van der Waals surface area (Å²) in [6.07, 6.45) is 10.0. The molecule has 0 amide bonds. The molecule has 0 aromatic carbocycles. The summed E-state index contributed by atoms with van der Waals surface area (Å²) < 4.78 is 0. The Hall–Kier alpha value is -1.18. The highest BCUT2D eigenvalue weighted by molar-refractivity contribution is 6.17. The molecule has 0 saturated carbocycles. The van der Waals surface area contributed by atoms with Gasteiger partial charge < -0.3 is 0 Å². The van der Waals surface area contributed by atoms with Crippen LogP contribution in [-0.4, -0.2) is 11.6 Å². The molecule has 0 N–H and O–H groups in total. The number of hydrogen-bond donors (Lipinski definition) is 0. The first kappa shape index (κ1) is 16.9. The van der Waals surface area contributed by atoms with Crippen LogP contribution in [0.1, 0.15) is 59.8 Å². The van der Waals surface area contributed by atoms with Gasteiger partial charge in [0.05, 0.1) is 0 Å². The second kappa shape index (κ2) is 8.18. The minimum atomic E-state index is -0.0595. The van der Waals surface area contributed by atoms with Crippen LogP contribution < -0.4 is 0 Å². The molecule has 2 heteroatoms. The van der Waals surface area contributed by atoms with Crippen molar-refractivity contribution >= 4 is 11.6 Å². The molecule has 0 fully saturated rings. The lowest BCUT2D eigenvalue weighted by Gasteiger charge is -2.24. The van der Waals surface area contributed by atoms with Gasteiger partial charge in [0, 0.05) is 5.57 Å². The third-order valence-electron chi connectivity index (χ3n) is 4.37. The Balaban J connectivity index is 2.47. The first-order chi connectivity index (χ1) is 9.43. The van der Waals surface area contributed by atoms with Crippen molar-refractivity contribution in [2.45, 2.75) is 59.8 Å². The number of rotatable bonds is 8. The van der Waals surface area contributed by atoms with Gasteiger partial charge >= 0.3 is 0 Å². The summed E-state index contributed by atoms with van der Waals surface area (Å²) in [5.41, 5.74) is 0.679. The molecule has 3 atom stereocenters. The average Bonchev–Trinajstić information content (AvgIpc) is 2.40. The number of ketones is 2. The van der Waals surface area contributed by atoms with Crippen molar-refractivity contribution in [3.05, 3.63) is 23.8 Å². The fraction of sp³-hybridized carbons (Fsp3) is 0.667. The highest BCUT2D eigenvalue weighted by Gasteiger charge is 2.20. The number of carbonyl (C=O) groups is 2. The van der Waals surface area contributed by atoms with Crippen molar-refractivity contribution in [2.75, 3.05) is 0 Å². The van der Waals surface area contributed by atoms with E-state index in [4.69, 9.17) is 0 Å². The van der Waals surface area contributed by atoms with Gasteiger partial charge in [0.1, 0.15) is 0 Å². The van der Waals surface area contributed by atoms with Gasteiger partial charge in [-0.25, -0.2) is 0 Å². The molecule has 3 unspecified atom stereocenters. The van der Waals surface area contributed by atoms with Crippen LogP contribution in [0.15, 0.2) is 23.8 Å². The summed E-state index contributed by atoms with van der Waals surface area (Å²) in [5.74, 6) is 1.70. The molecule has 0 aromatic heterocycles. The van der Waals surface area contributed by atoms with E-state index in [0.717, 1.165) is 12.3 Å². The molecular weight excluding hydrogens is 248 g/mol. The number of unbranched alkanes of at least 4 members (excludes halogenated alkanes) is 1. The van der Waals surface area contributed by atoms with Crippen LogP contribution in [0.2, 0.25) is 0 Å². The summed E-state index contributed by atoms with van der Waals surface area (Å²) in [4.78, 5) is 23.1. The Labute approximate surface area is 123 Å². The Bertz CT molecular complexity index is 404. The first-order valence-electron chi connectivity index (χ1n) is 7.91. The smallest absolute Gasteiger partial charge is 0.182 e. The standard InChI is InChI=1S/C18H28O2/c1-5-6-7-13(2)10-14(3)15(4)11-16-12-17(19)8-9-18(16)20/h8-9,12-15H,5-7,10-11H2,1-4H3. The molecule has 112 valence electrons. The average molecular weight is 276 g/mol. The zero-order valence-corrected chi connectivity index (χ0v) is 13.3. The van der Waals surface area contributed by atoms with E-state index in [-0.39, 0.29) is 11.6 Å². The molecule has 1 aliphatic rings. The third-order valence-corrected chi connectivity index (χ3v) is 4.37. The summed E-state index contributed by atoms with van der Waals surface area (Å²) in [6.45, 7) is 8.99. The van der Waals surface area contributed by atoms with E-state index in [1.54, 1.807) is 0 Å². The van der Waals surface area contributed by atoms with Crippen molar-refractivity contribution in [1.82, 2.24) is 0 Å². The summed E-state index contributed by atoms with van der Waals surface area (Å²) in [7, 11) is 0. The lowest BCUT2D eigenvalue weighted by molar-refractivity contribution is -0.114. The molecule has 2 nitrogen and oxygen atoms in total. The van der Waals surface area contributed by atoms with Gasteiger partial charge in [0.15, 0.2) is 11.6 Å². The molecule has 0 saturated heterocycles. The molecule has 0 radical (unpaired) electrons. The normalized spacial score (nSPS) is 19.7. The van der Waals surface area contributed by atoms with E-state index in [1.807, 2.05) is 0 Å². The first-order valence-corrected chi connectivity index (χ1v) is 7.91. The SMILES string of the molecule is CCCCC(C)CC(C)C(C)CC1=CC(=O)C=CC1=O. The lowest BCUT2D eigenvalue weighted by atomic mass is 9.81. The van der Waals surface area contributed by atoms with Crippen LogP contribution in [0.5, 0.6) is 0 Å². The number of allylic oxidation sites excluding steroid dienone is 4. The Morgan fingerprint density at radius 1 is 1.05 bits per heavy atom. The van der Waals surface area contributed by atoms with E-state index in [1.165, 1.54) is 43.9 Å². The molecular formula is C18H28O2. The molecule has 0 bridgehead atoms. The molecule has 0 spiro atoms. The van der Waals surface area contributed by atoms with E-state index in [0.29, 0.717) is 17.4 Å². The van der Waals surface area contributed by atoms with Gasteiger partial charge in [-0.1, -0.05) is 47.0 Å². The number of hydrogen-bond acceptors (Lipinski definition) is 2. The maximum atomic E-state index is 11.8. The van der Waals surface area contributed by atoms with Crippen LogP contribution in [0, 0.1) is 17.8 Å². The fourth-order valence-electron chi connectivity index (χ4n) is 2.80. The predicted molar refractivity (Wildman–Crippen MR) is 83.5 cm³/mol. The van der Waals surface area contributed by atoms with Gasteiger partial charge in [-0.3, -0.25) is 9.59 Å². The minimum Gasteiger partial charge on any atom is -0.290 e. The van der Waals surface area contributed by atoms with Crippen LogP contribution in [-0.2, 0) is 9.59 Å². The zero-order valence-electron chi connectivity index (χ0n) is 13.3. The van der Waals surface area contributed by atoms with Crippen LogP contribution in [0.3, 0.4) is 0 Å². The maximum Gasteiger partial charge on any atom is 0.182 e. The molecule has 1 rings (SSSR count). The molecule has 0 aromatic rings. The number of carbonyl (C=O) groups excluding carboxylic acids is 2. The van der Waals surface area contributed by atoms with Crippen molar-refractivity contribution in [2.24, 2.45) is 17.8 Å². The van der Waals surface area contributed by atoms with Crippen LogP contribution in [0.4, 0.5) is 0 Å². The van der Waals surface area contributed by atoms with Gasteiger partial charge in [0.25, 0.3) is 0 Å². The van der Waals surface area contributed by atoms with Crippen LogP contribution in [0.25, 0.3) is 0 Å². The molecule has 0 heterocycles. The van der Waals surface area contributed by atoms with E-state index >= 15 is 0 Å². The van der Waals surface area contributed by atoms with Crippen LogP contribution >= 0.6 is 0 Å². The summed E-state index contributed by atoms with van der Waals surface area (Å²) in [5, 5.41) is 0. The predicted octanol–water partition coefficient (Wildman–Crippen LogP) is 4.50. The fourth-order valence-corrected chi connectivity index (χ4v) is 2.80. The summed E-state index contributed by atoms with van der Waals surface area (Å²) >= 11 is 0. The molecule has 20 heavy (non-hydrogen) atoms. The van der Waals surface area contributed by atoms with Gasteiger partial charge in [-0.15, -0.1) is 0 Å². The Kier molecular flexibility index (Phi) is 6.90. The lowest BCUT2D eigenvalue weighted by Crippen LogP contribution is -2.16. The summed E-state index contributed by atoms with van der Waals surface area (Å²) in [6, 6.07) is 0. The topological polar surface area (TPSA) is 34.1 Å². The largest absolute Gasteiger partial charge is 0.290 e. The maximum absolute atomic E-state index is 11.8. The second-order valence-corrected chi connectivity index (χ2v) is 6.41. The Morgan fingerprint density at radius 2 is 1.75 bits per heavy atom. The highest BCUT2D eigenvalue weighted by atomic mass is 16.1. The monoisotopic (exact) mass is 276 g/mol.